The number of hydrogen-bond donors (Lipinski definition) is 1. The lowest BCUT2D eigenvalue weighted by molar-refractivity contribution is -0.137. The monoisotopic (exact) mass is 389 g/mol. The molecule has 3 aromatic carbocycles. The molecule has 0 aliphatic rings. The van der Waals surface area contributed by atoms with Gasteiger partial charge in [0.2, 0.25) is 0 Å². The van der Waals surface area contributed by atoms with E-state index in [2.05, 4.69) is 5.32 Å². The van der Waals surface area contributed by atoms with Gasteiger partial charge in [0.15, 0.2) is 0 Å². The van der Waals surface area contributed by atoms with Crippen molar-refractivity contribution in [1.29, 1.82) is 0 Å². The second-order valence-corrected chi connectivity index (χ2v) is 6.44. The Morgan fingerprint density at radius 3 is 2.30 bits per heavy atom. The van der Waals surface area contributed by atoms with E-state index in [9.17, 15) is 18.0 Å². The normalized spacial score (nSPS) is 11.3. The van der Waals surface area contributed by atoms with Crippen LogP contribution in [0.3, 0.4) is 0 Å². The zero-order chi connectivity index (χ0) is 19.6. The molecule has 0 unspecified atom stereocenters. The molecule has 1 N–H and O–H groups in total. The van der Waals surface area contributed by atoms with Gasteiger partial charge in [-0.25, -0.2) is 0 Å². The molecule has 0 aliphatic carbocycles. The van der Waals surface area contributed by atoms with E-state index < -0.39 is 23.2 Å². The summed E-state index contributed by atoms with van der Waals surface area (Å²) >= 11 is 5.99. The van der Waals surface area contributed by atoms with Gasteiger partial charge in [-0.3, -0.25) is 4.79 Å². The van der Waals surface area contributed by atoms with Crippen molar-refractivity contribution in [2.24, 2.45) is 0 Å². The Balaban J connectivity index is 2.00. The third-order valence-electron chi connectivity index (χ3n) is 4.13. The van der Waals surface area contributed by atoms with Gasteiger partial charge in [0.05, 0.1) is 11.1 Å². The van der Waals surface area contributed by atoms with Crippen LogP contribution in [0.5, 0.6) is 0 Å². The molecule has 138 valence electrons. The van der Waals surface area contributed by atoms with Gasteiger partial charge in [-0.1, -0.05) is 48.0 Å². The van der Waals surface area contributed by atoms with E-state index in [0.29, 0.717) is 16.3 Å². The molecular weight excluding hydrogens is 375 g/mol. The van der Waals surface area contributed by atoms with Crippen LogP contribution in [0.2, 0.25) is 5.02 Å². The first-order valence-electron chi connectivity index (χ1n) is 8.10. The van der Waals surface area contributed by atoms with Crippen molar-refractivity contribution < 1.29 is 18.0 Å². The number of halogens is 4. The van der Waals surface area contributed by atoms with Gasteiger partial charge in [-0.2, -0.15) is 13.2 Å². The quantitative estimate of drug-likeness (QED) is 0.538. The Labute approximate surface area is 159 Å². The van der Waals surface area contributed by atoms with Crippen molar-refractivity contribution in [3.8, 4) is 11.1 Å². The van der Waals surface area contributed by atoms with Gasteiger partial charge in [0.1, 0.15) is 0 Å². The summed E-state index contributed by atoms with van der Waals surface area (Å²) in [5, 5.41) is 3.19. The number of aryl methyl sites for hydroxylation is 1. The highest BCUT2D eigenvalue weighted by molar-refractivity contribution is 6.30. The predicted molar refractivity (Wildman–Crippen MR) is 101 cm³/mol. The van der Waals surface area contributed by atoms with E-state index in [1.807, 2.05) is 13.0 Å². The number of anilines is 1. The van der Waals surface area contributed by atoms with Crippen molar-refractivity contribution in [3.63, 3.8) is 0 Å². The number of carbonyl (C=O) groups is 1. The van der Waals surface area contributed by atoms with E-state index in [1.54, 1.807) is 36.4 Å². The molecule has 0 saturated heterocycles. The fourth-order valence-electron chi connectivity index (χ4n) is 2.87. The molecule has 0 aromatic heterocycles. The van der Waals surface area contributed by atoms with E-state index in [-0.39, 0.29) is 0 Å². The number of carbonyl (C=O) groups excluding carboxylic acids is 1. The minimum absolute atomic E-state index is 0.421. The van der Waals surface area contributed by atoms with Crippen LogP contribution in [-0.4, -0.2) is 5.91 Å². The lowest BCUT2D eigenvalue weighted by Crippen LogP contribution is -2.19. The highest BCUT2D eigenvalue weighted by Gasteiger charge is 2.34. The Morgan fingerprint density at radius 1 is 0.926 bits per heavy atom. The lowest BCUT2D eigenvalue weighted by Gasteiger charge is -2.16. The number of rotatable bonds is 3. The van der Waals surface area contributed by atoms with Gasteiger partial charge < -0.3 is 5.32 Å². The summed E-state index contributed by atoms with van der Waals surface area (Å²) in [7, 11) is 0. The number of nitrogens with one attached hydrogen (secondary N) is 1. The van der Waals surface area contributed by atoms with E-state index in [4.69, 9.17) is 11.6 Å². The van der Waals surface area contributed by atoms with Crippen molar-refractivity contribution >= 4 is 23.2 Å². The van der Waals surface area contributed by atoms with E-state index >= 15 is 0 Å². The first kappa shape index (κ1) is 19.0. The Bertz CT molecular complexity index is 999. The maximum absolute atomic E-state index is 13.2. The lowest BCUT2D eigenvalue weighted by atomic mass is 9.98. The summed E-state index contributed by atoms with van der Waals surface area (Å²) in [5.74, 6) is -0.818. The van der Waals surface area contributed by atoms with Gasteiger partial charge in [-0.05, 0) is 48.4 Å². The number of alkyl halides is 3. The summed E-state index contributed by atoms with van der Waals surface area (Å²) in [6.45, 7) is 1.87. The first-order chi connectivity index (χ1) is 12.8. The Morgan fingerprint density at radius 2 is 1.59 bits per heavy atom. The second-order valence-electron chi connectivity index (χ2n) is 6.00. The van der Waals surface area contributed by atoms with Crippen LogP contribution < -0.4 is 5.32 Å². The molecule has 1 amide bonds. The molecule has 2 nitrogen and oxygen atoms in total. The number of benzene rings is 3. The molecule has 0 aliphatic heterocycles. The zero-order valence-corrected chi connectivity index (χ0v) is 15.0. The van der Waals surface area contributed by atoms with Gasteiger partial charge >= 0.3 is 6.18 Å². The van der Waals surface area contributed by atoms with Crippen LogP contribution in [-0.2, 0) is 6.18 Å². The standard InChI is InChI=1S/C21H15ClF3NO/c1-13-12-14(22)10-11-15(13)16-6-3-5-9-19(16)26-20(27)17-7-2-4-8-18(17)21(23,24)25/h2-12H,1H3,(H,26,27). The summed E-state index contributed by atoms with van der Waals surface area (Å²) < 4.78 is 39.6. The maximum Gasteiger partial charge on any atom is 0.417 e. The van der Waals surface area contributed by atoms with E-state index in [0.717, 1.165) is 23.3 Å². The van der Waals surface area contributed by atoms with Crippen molar-refractivity contribution in [1.82, 2.24) is 0 Å². The van der Waals surface area contributed by atoms with Gasteiger partial charge in [-0.15, -0.1) is 0 Å². The Hall–Kier alpha value is -2.79. The van der Waals surface area contributed by atoms with Crippen LogP contribution in [0, 0.1) is 6.92 Å². The van der Waals surface area contributed by atoms with Crippen molar-refractivity contribution in [2.45, 2.75) is 13.1 Å². The van der Waals surface area contributed by atoms with Crippen molar-refractivity contribution in [3.05, 3.63) is 88.4 Å². The largest absolute Gasteiger partial charge is 0.417 e. The molecule has 0 atom stereocenters. The molecule has 0 bridgehead atoms. The van der Waals surface area contributed by atoms with Crippen LogP contribution in [0.25, 0.3) is 11.1 Å². The van der Waals surface area contributed by atoms with Gasteiger partial charge in [0.25, 0.3) is 5.91 Å². The molecule has 3 aromatic rings. The number of amides is 1. The average Bonchev–Trinajstić information content (AvgIpc) is 2.62. The maximum atomic E-state index is 13.2. The van der Waals surface area contributed by atoms with Gasteiger partial charge in [0, 0.05) is 16.3 Å². The smallest absolute Gasteiger partial charge is 0.321 e. The highest BCUT2D eigenvalue weighted by atomic mass is 35.5. The fraction of sp³-hybridized carbons (Fsp3) is 0.0952. The van der Waals surface area contributed by atoms with Crippen LogP contribution >= 0.6 is 11.6 Å². The van der Waals surface area contributed by atoms with Crippen molar-refractivity contribution in [2.75, 3.05) is 5.32 Å². The molecule has 3 rings (SSSR count). The molecule has 27 heavy (non-hydrogen) atoms. The predicted octanol–water partition coefficient (Wildman–Crippen LogP) is 6.59. The summed E-state index contributed by atoms with van der Waals surface area (Å²) in [6.07, 6.45) is -4.61. The summed E-state index contributed by atoms with van der Waals surface area (Å²) in [4.78, 5) is 12.6. The van der Waals surface area contributed by atoms with Crippen LogP contribution in [0.4, 0.5) is 18.9 Å². The van der Waals surface area contributed by atoms with E-state index in [1.165, 1.54) is 12.1 Å². The second kappa shape index (κ2) is 7.45. The van der Waals surface area contributed by atoms with Crippen LogP contribution in [0.15, 0.2) is 66.7 Å². The molecule has 0 heterocycles. The first-order valence-corrected chi connectivity index (χ1v) is 8.48. The fourth-order valence-corrected chi connectivity index (χ4v) is 3.10. The molecular formula is C21H15ClF3NO. The Kier molecular flexibility index (Phi) is 5.24. The molecule has 0 radical (unpaired) electrons. The summed E-state index contributed by atoms with van der Waals surface area (Å²) in [5.41, 5.74) is 1.45. The zero-order valence-electron chi connectivity index (χ0n) is 14.3. The molecule has 0 spiro atoms. The third kappa shape index (κ3) is 4.14. The number of para-hydroxylation sites is 1. The SMILES string of the molecule is Cc1cc(Cl)ccc1-c1ccccc1NC(=O)c1ccccc1C(F)(F)F. The molecule has 6 heteroatoms. The minimum Gasteiger partial charge on any atom is -0.321 e. The minimum atomic E-state index is -4.61. The number of hydrogen-bond acceptors (Lipinski definition) is 1. The topological polar surface area (TPSA) is 29.1 Å². The molecule has 0 fully saturated rings. The summed E-state index contributed by atoms with van der Waals surface area (Å²) in [6, 6.07) is 17.0. The van der Waals surface area contributed by atoms with Crippen LogP contribution in [0.1, 0.15) is 21.5 Å². The molecule has 0 saturated carbocycles. The third-order valence-corrected chi connectivity index (χ3v) is 4.37. The highest BCUT2D eigenvalue weighted by Crippen LogP contribution is 2.34. The average molecular weight is 390 g/mol.